The number of thioether (sulfide) groups is 1. The first-order valence-corrected chi connectivity index (χ1v) is 3.12. The first kappa shape index (κ1) is 4.84. The van der Waals surface area contributed by atoms with Crippen molar-refractivity contribution < 1.29 is 8.78 Å². The number of alkyl halides is 3. The molecule has 1 unspecified atom stereocenters. The third-order valence-electron chi connectivity index (χ3n) is 0.468. The van der Waals surface area contributed by atoms with Gasteiger partial charge in [-0.3, -0.25) is 0 Å². The molecule has 0 aliphatic carbocycles. The zero-order chi connectivity index (χ0) is 4.78. The molecule has 0 N–H and O–H groups in total. The maximum atomic E-state index is 11.4. The summed E-state index contributed by atoms with van der Waals surface area (Å²) >= 11 is 3.35. The molecule has 0 radical (unpaired) electrons. The highest BCUT2D eigenvalue weighted by Gasteiger charge is 2.57. The van der Waals surface area contributed by atoms with E-state index < -0.39 is 9.41 Å². The Labute approximate surface area is 46.4 Å². The number of hydrogen-bond donors (Lipinski definition) is 0. The zero-order valence-electron chi connectivity index (χ0n) is 2.62. The van der Waals surface area contributed by atoms with Crippen LogP contribution in [0.4, 0.5) is 8.78 Å². The van der Waals surface area contributed by atoms with Crippen molar-refractivity contribution in [3.05, 3.63) is 0 Å². The van der Waals surface area contributed by atoms with Gasteiger partial charge >= 0.3 is 5.25 Å². The summed E-state index contributed by atoms with van der Waals surface area (Å²) < 4.78 is 22.3. The molecule has 0 nitrogen and oxygen atoms in total. The monoisotopic (exact) mass is 174 g/mol. The summed E-state index contributed by atoms with van der Waals surface area (Å²) in [5.41, 5.74) is 0. The van der Waals surface area contributed by atoms with Crippen molar-refractivity contribution in [3.8, 4) is 0 Å². The highest BCUT2D eigenvalue weighted by molar-refractivity contribution is 9.12. The minimum atomic E-state index is -2.46. The predicted molar refractivity (Wildman–Crippen MR) is 25.3 cm³/mol. The predicted octanol–water partition coefficient (Wildman–Crippen LogP) is 2.05. The minimum absolute atomic E-state index is 0.606. The average molecular weight is 175 g/mol. The van der Waals surface area contributed by atoms with E-state index in [1.807, 2.05) is 0 Å². The van der Waals surface area contributed by atoms with Crippen molar-refractivity contribution in [1.29, 1.82) is 0 Å². The van der Waals surface area contributed by atoms with E-state index in [4.69, 9.17) is 0 Å². The van der Waals surface area contributed by atoms with E-state index >= 15 is 0 Å². The van der Waals surface area contributed by atoms with Crippen molar-refractivity contribution in [3.63, 3.8) is 0 Å². The normalized spacial score (nSPS) is 39.5. The largest absolute Gasteiger partial charge is 0.316 e. The molecule has 0 bridgehead atoms. The lowest BCUT2D eigenvalue weighted by Gasteiger charge is -1.77. The average Bonchev–Trinajstić information content (AvgIpc) is 1.73. The number of rotatable bonds is 0. The molecule has 0 aromatic rings. The summed E-state index contributed by atoms with van der Waals surface area (Å²) in [4.78, 5) is 0. The SMILES string of the molecule is FC1(F)SC1Br. The van der Waals surface area contributed by atoms with Crippen molar-refractivity contribution >= 4 is 27.7 Å². The second-order valence-corrected chi connectivity index (χ2v) is 3.77. The van der Waals surface area contributed by atoms with E-state index in [1.54, 1.807) is 0 Å². The smallest absolute Gasteiger partial charge is 0.192 e. The van der Waals surface area contributed by atoms with Crippen LogP contribution in [0.25, 0.3) is 0 Å². The maximum absolute atomic E-state index is 11.4. The molecule has 0 spiro atoms. The van der Waals surface area contributed by atoms with Gasteiger partial charge in [-0.05, 0) is 0 Å². The van der Waals surface area contributed by atoms with Crippen LogP contribution < -0.4 is 0 Å². The molecule has 1 aliphatic heterocycles. The quantitative estimate of drug-likeness (QED) is 0.401. The van der Waals surface area contributed by atoms with Crippen molar-refractivity contribution in [2.24, 2.45) is 0 Å². The van der Waals surface area contributed by atoms with Crippen LogP contribution in [0.3, 0.4) is 0 Å². The zero-order valence-corrected chi connectivity index (χ0v) is 5.02. The van der Waals surface area contributed by atoms with E-state index in [-0.39, 0.29) is 0 Å². The molecule has 0 aromatic heterocycles. The van der Waals surface area contributed by atoms with Crippen LogP contribution in [0.5, 0.6) is 0 Å². The summed E-state index contributed by atoms with van der Waals surface area (Å²) in [7, 11) is 0. The molecular weight excluding hydrogens is 174 g/mol. The Morgan fingerprint density at radius 2 is 1.83 bits per heavy atom. The van der Waals surface area contributed by atoms with Gasteiger partial charge in [0.2, 0.25) is 0 Å². The van der Waals surface area contributed by atoms with Crippen LogP contribution in [-0.4, -0.2) is 9.41 Å². The highest BCUT2D eigenvalue weighted by Crippen LogP contribution is 2.59. The Balaban J connectivity index is 2.41. The molecule has 1 heterocycles. The van der Waals surface area contributed by atoms with Gasteiger partial charge in [-0.25, -0.2) is 0 Å². The summed E-state index contributed by atoms with van der Waals surface area (Å²) in [6, 6.07) is 0. The molecule has 0 aromatic carbocycles. The Morgan fingerprint density at radius 3 is 1.83 bits per heavy atom. The summed E-state index contributed by atoms with van der Waals surface area (Å²) in [5, 5.41) is -2.46. The van der Waals surface area contributed by atoms with E-state index in [2.05, 4.69) is 15.9 Å². The van der Waals surface area contributed by atoms with Gasteiger partial charge in [0.1, 0.15) is 4.16 Å². The summed E-state index contributed by atoms with van der Waals surface area (Å²) in [5.74, 6) is 0. The molecule has 4 heteroatoms. The highest BCUT2D eigenvalue weighted by atomic mass is 79.9. The Kier molecular flexibility index (Phi) is 0.883. The fourth-order valence-corrected chi connectivity index (χ4v) is 1.06. The van der Waals surface area contributed by atoms with Crippen LogP contribution in [0, 0.1) is 0 Å². The fourth-order valence-electron chi connectivity index (χ4n) is 0.104. The van der Waals surface area contributed by atoms with Gasteiger partial charge in [0.05, 0.1) is 0 Å². The van der Waals surface area contributed by atoms with Crippen molar-refractivity contribution in [1.82, 2.24) is 0 Å². The number of halogens is 3. The molecule has 1 aliphatic rings. The Hall–Kier alpha value is 0.690. The first-order valence-electron chi connectivity index (χ1n) is 1.32. The van der Waals surface area contributed by atoms with Gasteiger partial charge in [-0.15, -0.1) is 0 Å². The standard InChI is InChI=1S/C2HBrF2S/c3-1-2(4,5)6-1/h1H. The van der Waals surface area contributed by atoms with Crippen LogP contribution in [0.15, 0.2) is 0 Å². The van der Waals surface area contributed by atoms with E-state index in [0.717, 1.165) is 0 Å². The second kappa shape index (κ2) is 1.10. The minimum Gasteiger partial charge on any atom is -0.192 e. The molecule has 36 valence electrons. The molecule has 0 amide bonds. The van der Waals surface area contributed by atoms with Gasteiger partial charge in [-0.1, -0.05) is 27.7 Å². The molecule has 1 rings (SSSR count). The Bertz CT molecular complexity index is 73.9. The Morgan fingerprint density at radius 1 is 1.67 bits per heavy atom. The van der Waals surface area contributed by atoms with Gasteiger partial charge in [0.15, 0.2) is 0 Å². The number of hydrogen-bond acceptors (Lipinski definition) is 1. The van der Waals surface area contributed by atoms with E-state index in [9.17, 15) is 8.78 Å². The van der Waals surface area contributed by atoms with Crippen LogP contribution in [-0.2, 0) is 0 Å². The lowest BCUT2D eigenvalue weighted by Crippen LogP contribution is -1.87. The van der Waals surface area contributed by atoms with Crippen molar-refractivity contribution in [2.45, 2.75) is 9.41 Å². The molecule has 1 fully saturated rings. The van der Waals surface area contributed by atoms with Crippen LogP contribution in [0.1, 0.15) is 0 Å². The third kappa shape index (κ3) is 0.680. The lowest BCUT2D eigenvalue weighted by atomic mass is 10.9. The fraction of sp³-hybridized carbons (Fsp3) is 1.00. The molecular formula is C2HBrF2S. The topological polar surface area (TPSA) is 0 Å². The maximum Gasteiger partial charge on any atom is 0.316 e. The van der Waals surface area contributed by atoms with E-state index in [1.165, 1.54) is 0 Å². The van der Waals surface area contributed by atoms with E-state index in [0.29, 0.717) is 11.8 Å². The molecule has 0 saturated carbocycles. The molecule has 6 heavy (non-hydrogen) atoms. The third-order valence-corrected chi connectivity index (χ3v) is 2.71. The van der Waals surface area contributed by atoms with Gasteiger partial charge < -0.3 is 0 Å². The van der Waals surface area contributed by atoms with Gasteiger partial charge in [0, 0.05) is 0 Å². The van der Waals surface area contributed by atoms with Crippen LogP contribution in [0.2, 0.25) is 0 Å². The van der Waals surface area contributed by atoms with Gasteiger partial charge in [-0.2, -0.15) is 8.78 Å². The van der Waals surface area contributed by atoms with Crippen molar-refractivity contribution in [2.75, 3.05) is 0 Å². The second-order valence-electron chi connectivity index (χ2n) is 0.996. The summed E-state index contributed by atoms with van der Waals surface area (Å²) in [6.07, 6.45) is 0. The first-order chi connectivity index (χ1) is 2.63. The summed E-state index contributed by atoms with van der Waals surface area (Å²) in [6.45, 7) is 0. The molecule has 1 saturated heterocycles. The molecule has 1 atom stereocenters. The van der Waals surface area contributed by atoms with Crippen LogP contribution >= 0.6 is 27.7 Å². The van der Waals surface area contributed by atoms with Gasteiger partial charge in [0.25, 0.3) is 0 Å². The lowest BCUT2D eigenvalue weighted by molar-refractivity contribution is 0.162.